The van der Waals surface area contributed by atoms with E-state index >= 15 is 0 Å². The van der Waals surface area contributed by atoms with Crippen LogP contribution in [0.1, 0.15) is 36.1 Å². The van der Waals surface area contributed by atoms with Crippen molar-refractivity contribution in [3.8, 4) is 0 Å². The van der Waals surface area contributed by atoms with Crippen LogP contribution in [0.3, 0.4) is 0 Å². The fourth-order valence-corrected chi connectivity index (χ4v) is 5.29. The number of fused-ring (bicyclic) bond motifs is 3. The number of benzene rings is 3. The molecule has 7 nitrogen and oxygen atoms in total. The van der Waals surface area contributed by atoms with E-state index in [1.165, 1.54) is 11.1 Å². The number of rotatable bonds is 5. The molecule has 1 unspecified atom stereocenters. The molecule has 0 aromatic heterocycles. The van der Waals surface area contributed by atoms with Gasteiger partial charge in [-0.2, -0.15) is 5.01 Å². The zero-order chi connectivity index (χ0) is 25.5. The number of hydrogen-bond acceptors (Lipinski definition) is 7. The number of hydrogen-bond donors (Lipinski definition) is 0. The van der Waals surface area contributed by atoms with Gasteiger partial charge in [0.15, 0.2) is 0 Å². The van der Waals surface area contributed by atoms with E-state index in [9.17, 15) is 4.79 Å². The van der Waals surface area contributed by atoms with Crippen LogP contribution in [0.2, 0.25) is 0 Å². The van der Waals surface area contributed by atoms with Crippen LogP contribution in [0.15, 0.2) is 94.5 Å². The van der Waals surface area contributed by atoms with Gasteiger partial charge in [-0.25, -0.2) is 9.79 Å². The molecule has 3 aromatic rings. The maximum atomic E-state index is 13.3. The number of carbonyl (C=O) groups excluding carboxylic acids is 1. The lowest BCUT2D eigenvalue weighted by Gasteiger charge is -2.39. The maximum Gasteiger partial charge on any atom is 0.376 e. The predicted molar refractivity (Wildman–Crippen MR) is 147 cm³/mol. The Balaban J connectivity index is 1.57. The van der Waals surface area contributed by atoms with Crippen LogP contribution >= 0.6 is 0 Å². The Morgan fingerprint density at radius 2 is 1.70 bits per heavy atom. The first-order chi connectivity index (χ1) is 18.1. The van der Waals surface area contributed by atoms with Crippen molar-refractivity contribution in [2.45, 2.75) is 25.8 Å². The van der Waals surface area contributed by atoms with E-state index in [0.717, 1.165) is 41.0 Å². The number of para-hydroxylation sites is 1. The number of aryl methyl sites for hydroxylation is 1. The second-order valence-electron chi connectivity index (χ2n) is 9.49. The van der Waals surface area contributed by atoms with Crippen molar-refractivity contribution >= 4 is 34.8 Å². The van der Waals surface area contributed by atoms with Crippen LogP contribution in [0.25, 0.3) is 5.70 Å². The lowest BCUT2D eigenvalue weighted by molar-refractivity contribution is -0.135. The lowest BCUT2D eigenvalue weighted by atomic mass is 9.82. The number of nitrogens with zero attached hydrogens (tertiary/aromatic N) is 5. The Morgan fingerprint density at radius 1 is 0.973 bits per heavy atom. The van der Waals surface area contributed by atoms with Gasteiger partial charge in [-0.05, 0) is 60.7 Å². The Hall–Kier alpha value is -4.39. The third kappa shape index (κ3) is 3.87. The second kappa shape index (κ2) is 9.24. The molecule has 7 heteroatoms. The van der Waals surface area contributed by atoms with Crippen molar-refractivity contribution in [3.05, 3.63) is 101 Å². The van der Waals surface area contributed by atoms with Crippen LogP contribution in [-0.4, -0.2) is 43.4 Å². The molecular formula is C30H29N5O2. The van der Waals surface area contributed by atoms with Gasteiger partial charge in [-0.1, -0.05) is 54.6 Å². The first-order valence-corrected chi connectivity index (χ1v) is 12.6. The molecule has 2 heterocycles. The van der Waals surface area contributed by atoms with Gasteiger partial charge < -0.3 is 9.64 Å². The summed E-state index contributed by atoms with van der Waals surface area (Å²) in [5.41, 5.74) is 7.61. The predicted octanol–water partition coefficient (Wildman–Crippen LogP) is 5.22. The molecule has 0 fully saturated rings. The molecule has 0 amide bonds. The fraction of sp³-hybridized carbons (Fsp3) is 0.233. The molecule has 1 atom stereocenters. The van der Waals surface area contributed by atoms with Crippen molar-refractivity contribution in [2.75, 3.05) is 30.6 Å². The van der Waals surface area contributed by atoms with Gasteiger partial charge in [-0.15, -0.1) is 5.10 Å². The van der Waals surface area contributed by atoms with Crippen molar-refractivity contribution in [1.82, 2.24) is 4.90 Å². The number of aliphatic imine (C=N–C) groups is 1. The van der Waals surface area contributed by atoms with Crippen LogP contribution in [0.4, 0.5) is 11.4 Å². The van der Waals surface area contributed by atoms with E-state index in [2.05, 4.69) is 53.4 Å². The van der Waals surface area contributed by atoms with Crippen molar-refractivity contribution in [2.24, 2.45) is 10.1 Å². The summed E-state index contributed by atoms with van der Waals surface area (Å²) in [6.07, 6.45) is 1.77. The highest BCUT2D eigenvalue weighted by Gasteiger charge is 2.46. The van der Waals surface area contributed by atoms with Gasteiger partial charge in [0.1, 0.15) is 0 Å². The van der Waals surface area contributed by atoms with Crippen molar-refractivity contribution in [1.29, 1.82) is 0 Å². The summed E-state index contributed by atoms with van der Waals surface area (Å²) in [7, 11) is 4.06. The summed E-state index contributed by atoms with van der Waals surface area (Å²) in [5.74, 6) is 0.395. The quantitative estimate of drug-likeness (QED) is 0.458. The minimum Gasteiger partial charge on any atom is -0.460 e. The molecule has 2 aliphatic heterocycles. The molecule has 0 radical (unpaired) electrons. The zero-order valence-corrected chi connectivity index (χ0v) is 21.3. The molecule has 186 valence electrons. The van der Waals surface area contributed by atoms with Crippen LogP contribution in [0, 0.1) is 0 Å². The largest absolute Gasteiger partial charge is 0.460 e. The van der Waals surface area contributed by atoms with Crippen LogP contribution in [-0.2, 0) is 16.0 Å². The fourth-order valence-electron chi connectivity index (χ4n) is 5.29. The standard InChI is InChI=1S/C30H29N5O2/c1-4-37-29(36)28-32-35(23-11-6-5-7-12-23)30-31-26-24-13-9-8-10-20(24)16-19-25(26)27(34(28)30)21-14-17-22(18-15-21)33(2)3/h5-15,17-18,27H,4,16,19H2,1-3H3. The number of carbonyl (C=O) groups is 1. The van der Waals surface area contributed by atoms with Gasteiger partial charge in [0.25, 0.3) is 0 Å². The first-order valence-electron chi connectivity index (χ1n) is 12.6. The van der Waals surface area contributed by atoms with E-state index in [1.807, 2.05) is 56.3 Å². The highest BCUT2D eigenvalue weighted by molar-refractivity contribution is 6.41. The van der Waals surface area contributed by atoms with E-state index in [-0.39, 0.29) is 18.5 Å². The van der Waals surface area contributed by atoms with Crippen molar-refractivity contribution < 1.29 is 9.53 Å². The normalized spacial score (nSPS) is 18.0. The minimum absolute atomic E-state index is 0.232. The molecule has 3 aromatic carbocycles. The van der Waals surface area contributed by atoms with Crippen LogP contribution in [0.5, 0.6) is 0 Å². The van der Waals surface area contributed by atoms with Gasteiger partial charge in [-0.3, -0.25) is 4.90 Å². The molecule has 3 aliphatic rings. The van der Waals surface area contributed by atoms with E-state index in [4.69, 9.17) is 14.8 Å². The van der Waals surface area contributed by atoms with E-state index in [1.54, 1.807) is 5.01 Å². The molecular weight excluding hydrogens is 462 g/mol. The summed E-state index contributed by atoms with van der Waals surface area (Å²) in [5, 5.41) is 6.55. The summed E-state index contributed by atoms with van der Waals surface area (Å²) in [6, 6.07) is 26.6. The Labute approximate surface area is 217 Å². The third-order valence-electron chi connectivity index (χ3n) is 7.05. The van der Waals surface area contributed by atoms with Gasteiger partial charge >= 0.3 is 5.97 Å². The highest BCUT2D eigenvalue weighted by Crippen LogP contribution is 2.47. The number of amidine groups is 1. The van der Waals surface area contributed by atoms with Gasteiger partial charge in [0.05, 0.1) is 24.0 Å². The Kier molecular flexibility index (Phi) is 5.75. The number of guanidine groups is 1. The molecule has 0 bridgehead atoms. The third-order valence-corrected chi connectivity index (χ3v) is 7.05. The summed E-state index contributed by atoms with van der Waals surface area (Å²) in [4.78, 5) is 22.5. The van der Waals surface area contributed by atoms with E-state index < -0.39 is 5.97 Å². The minimum atomic E-state index is -0.455. The highest BCUT2D eigenvalue weighted by atomic mass is 16.5. The number of anilines is 2. The number of hydrazone groups is 1. The SMILES string of the molecule is CCOC(=O)C1=NN(c2ccccc2)C2=NC3=C(CCc4ccccc43)C(c3ccc(N(C)C)cc3)N12. The summed E-state index contributed by atoms with van der Waals surface area (Å²) >= 11 is 0. The number of esters is 1. The van der Waals surface area contributed by atoms with Crippen molar-refractivity contribution in [3.63, 3.8) is 0 Å². The zero-order valence-electron chi connectivity index (χ0n) is 21.3. The van der Waals surface area contributed by atoms with Gasteiger partial charge in [0, 0.05) is 25.3 Å². The first kappa shape index (κ1) is 23.0. The second-order valence-corrected chi connectivity index (χ2v) is 9.49. The molecule has 1 aliphatic carbocycles. The average molecular weight is 492 g/mol. The summed E-state index contributed by atoms with van der Waals surface area (Å²) in [6.45, 7) is 2.08. The van der Waals surface area contributed by atoms with Gasteiger partial charge in [0.2, 0.25) is 11.8 Å². The van der Waals surface area contributed by atoms with Crippen LogP contribution < -0.4 is 9.91 Å². The average Bonchev–Trinajstić information content (AvgIpc) is 3.32. The molecule has 0 saturated heterocycles. The monoisotopic (exact) mass is 491 g/mol. The Bertz CT molecular complexity index is 1440. The number of ether oxygens (including phenoxy) is 1. The lowest BCUT2D eigenvalue weighted by Crippen LogP contribution is -2.46. The smallest absolute Gasteiger partial charge is 0.376 e. The molecule has 0 saturated carbocycles. The topological polar surface area (TPSA) is 60.7 Å². The molecule has 6 rings (SSSR count). The molecule has 0 N–H and O–H groups in total. The van der Waals surface area contributed by atoms with E-state index in [0.29, 0.717) is 5.96 Å². The summed E-state index contributed by atoms with van der Waals surface area (Å²) < 4.78 is 5.47. The molecule has 0 spiro atoms. The Morgan fingerprint density at radius 3 is 2.43 bits per heavy atom. The maximum absolute atomic E-state index is 13.3. The molecule has 37 heavy (non-hydrogen) atoms.